The highest BCUT2D eigenvalue weighted by atomic mass is 32.2. The summed E-state index contributed by atoms with van der Waals surface area (Å²) in [4.78, 5) is 23.0. The first kappa shape index (κ1) is 19.2. The zero-order valence-electron chi connectivity index (χ0n) is 13.8. The molecule has 0 spiro atoms. The molecule has 1 aromatic rings. The third-order valence-corrected chi connectivity index (χ3v) is 4.37. The van der Waals surface area contributed by atoms with Crippen LogP contribution in [0.15, 0.2) is 23.1 Å². The van der Waals surface area contributed by atoms with Crippen molar-refractivity contribution in [3.05, 3.63) is 23.8 Å². The predicted molar refractivity (Wildman–Crippen MR) is 88.4 cm³/mol. The van der Waals surface area contributed by atoms with E-state index in [1.165, 1.54) is 12.1 Å². The molecule has 0 saturated carbocycles. The molecule has 6 nitrogen and oxygen atoms in total. The lowest BCUT2D eigenvalue weighted by Crippen LogP contribution is -2.17. The molecule has 0 aliphatic carbocycles. The zero-order valence-corrected chi connectivity index (χ0v) is 14.6. The number of aromatic carboxylic acids is 1. The number of sulfone groups is 1. The molecule has 0 aliphatic rings. The molecule has 0 heterocycles. The number of amides is 1. The molecule has 128 valence electrons. The number of carbonyl (C=O) groups is 2. The van der Waals surface area contributed by atoms with Gasteiger partial charge in [0.2, 0.25) is 5.91 Å². The number of nitrogens with one attached hydrogen (secondary N) is 1. The quantitative estimate of drug-likeness (QED) is 0.794. The first-order chi connectivity index (χ1) is 10.5. The van der Waals surface area contributed by atoms with Gasteiger partial charge in [0.15, 0.2) is 9.84 Å². The van der Waals surface area contributed by atoms with Gasteiger partial charge in [0.05, 0.1) is 10.5 Å². The molecule has 1 aromatic carbocycles. The van der Waals surface area contributed by atoms with Gasteiger partial charge in [-0.1, -0.05) is 20.8 Å². The van der Waals surface area contributed by atoms with E-state index in [0.29, 0.717) is 12.3 Å². The number of hydrogen-bond acceptors (Lipinski definition) is 4. The van der Waals surface area contributed by atoms with Gasteiger partial charge in [-0.2, -0.15) is 0 Å². The minimum absolute atomic E-state index is 0.136. The topological polar surface area (TPSA) is 101 Å². The van der Waals surface area contributed by atoms with Crippen molar-refractivity contribution >= 4 is 27.4 Å². The summed E-state index contributed by atoms with van der Waals surface area (Å²) < 4.78 is 23.3. The fraction of sp³-hybridized carbons (Fsp3) is 0.500. The van der Waals surface area contributed by atoms with Crippen LogP contribution in [0.2, 0.25) is 0 Å². The summed E-state index contributed by atoms with van der Waals surface area (Å²) in [7, 11) is -3.57. The second-order valence-corrected chi connectivity index (χ2v) is 8.33. The van der Waals surface area contributed by atoms with E-state index in [4.69, 9.17) is 5.11 Å². The average Bonchev–Trinajstić information content (AvgIpc) is 2.35. The van der Waals surface area contributed by atoms with E-state index in [-0.39, 0.29) is 28.0 Å². The summed E-state index contributed by atoms with van der Waals surface area (Å²) in [6.45, 7) is 6.11. The summed E-state index contributed by atoms with van der Waals surface area (Å²) in [5.41, 5.74) is -0.00877. The van der Waals surface area contributed by atoms with Crippen LogP contribution in [0, 0.1) is 11.8 Å². The fourth-order valence-electron chi connectivity index (χ4n) is 2.43. The summed E-state index contributed by atoms with van der Waals surface area (Å²) in [6.07, 6.45) is 2.19. The Bertz CT molecular complexity index is 694. The van der Waals surface area contributed by atoms with Crippen molar-refractivity contribution in [3.63, 3.8) is 0 Å². The van der Waals surface area contributed by atoms with Crippen LogP contribution >= 0.6 is 0 Å². The van der Waals surface area contributed by atoms with Crippen molar-refractivity contribution in [1.29, 1.82) is 0 Å². The molecule has 23 heavy (non-hydrogen) atoms. The molecule has 0 bridgehead atoms. The van der Waals surface area contributed by atoms with Crippen molar-refractivity contribution in [2.45, 2.75) is 38.5 Å². The van der Waals surface area contributed by atoms with Crippen LogP contribution in [-0.4, -0.2) is 31.7 Å². The Morgan fingerprint density at radius 3 is 2.26 bits per heavy atom. The monoisotopic (exact) mass is 341 g/mol. The molecule has 1 atom stereocenters. The highest BCUT2D eigenvalue weighted by Crippen LogP contribution is 2.21. The van der Waals surface area contributed by atoms with Gasteiger partial charge in [-0.25, -0.2) is 13.2 Å². The van der Waals surface area contributed by atoms with Crippen LogP contribution in [-0.2, 0) is 14.6 Å². The Morgan fingerprint density at radius 2 is 1.78 bits per heavy atom. The lowest BCUT2D eigenvalue weighted by molar-refractivity contribution is -0.117. The van der Waals surface area contributed by atoms with E-state index in [1.807, 2.05) is 6.92 Å². The van der Waals surface area contributed by atoms with E-state index in [1.54, 1.807) is 0 Å². The number of carboxylic acid groups (broad SMARTS) is 1. The molecule has 2 N–H and O–H groups in total. The Balaban J connectivity index is 2.97. The van der Waals surface area contributed by atoms with Crippen molar-refractivity contribution in [2.75, 3.05) is 11.6 Å². The van der Waals surface area contributed by atoms with Gasteiger partial charge in [-0.15, -0.1) is 0 Å². The number of anilines is 1. The smallest absolute Gasteiger partial charge is 0.335 e. The van der Waals surface area contributed by atoms with E-state index < -0.39 is 15.8 Å². The highest BCUT2D eigenvalue weighted by Gasteiger charge is 2.16. The fourth-order valence-corrected chi connectivity index (χ4v) is 3.11. The van der Waals surface area contributed by atoms with E-state index >= 15 is 0 Å². The molecule has 1 unspecified atom stereocenters. The Hall–Kier alpha value is -1.89. The van der Waals surface area contributed by atoms with Gasteiger partial charge in [-0.05, 0) is 36.5 Å². The van der Waals surface area contributed by atoms with Gasteiger partial charge in [-0.3, -0.25) is 4.79 Å². The van der Waals surface area contributed by atoms with Crippen molar-refractivity contribution in [2.24, 2.45) is 11.8 Å². The number of benzene rings is 1. The summed E-state index contributed by atoms with van der Waals surface area (Å²) in [5, 5.41) is 11.7. The van der Waals surface area contributed by atoms with E-state index in [0.717, 1.165) is 18.7 Å². The average molecular weight is 341 g/mol. The highest BCUT2D eigenvalue weighted by molar-refractivity contribution is 7.90. The summed E-state index contributed by atoms with van der Waals surface area (Å²) >= 11 is 0. The molecule has 7 heteroatoms. The Morgan fingerprint density at radius 1 is 1.17 bits per heavy atom. The Kier molecular flexibility index (Phi) is 6.32. The SMILES string of the molecule is CC(C)CC(C)CC(=O)Nc1cc(C(=O)O)cc(S(C)(=O)=O)c1. The maximum Gasteiger partial charge on any atom is 0.335 e. The van der Waals surface area contributed by atoms with Crippen LogP contribution in [0.4, 0.5) is 5.69 Å². The number of carbonyl (C=O) groups excluding carboxylic acids is 1. The van der Waals surface area contributed by atoms with E-state index in [9.17, 15) is 18.0 Å². The van der Waals surface area contributed by atoms with Gasteiger partial charge in [0.25, 0.3) is 0 Å². The summed E-state index contributed by atoms with van der Waals surface area (Å²) in [6, 6.07) is 3.60. The number of carboxylic acids is 1. The molecule has 0 radical (unpaired) electrons. The third kappa shape index (κ3) is 6.40. The molecule has 0 aromatic heterocycles. The molecule has 0 saturated heterocycles. The predicted octanol–water partition coefficient (Wildman–Crippen LogP) is 2.80. The van der Waals surface area contributed by atoms with Gasteiger partial charge >= 0.3 is 5.97 Å². The molecule has 1 amide bonds. The Labute approximate surface area is 136 Å². The number of rotatable bonds is 7. The largest absolute Gasteiger partial charge is 0.478 e. The molecule has 0 fully saturated rings. The van der Waals surface area contributed by atoms with Gasteiger partial charge < -0.3 is 10.4 Å². The van der Waals surface area contributed by atoms with E-state index in [2.05, 4.69) is 19.2 Å². The lowest BCUT2D eigenvalue weighted by atomic mass is 9.96. The third-order valence-electron chi connectivity index (χ3n) is 3.27. The summed E-state index contributed by atoms with van der Waals surface area (Å²) in [5.74, 6) is -0.851. The van der Waals surface area contributed by atoms with Crippen LogP contribution in [0.5, 0.6) is 0 Å². The second-order valence-electron chi connectivity index (χ2n) is 6.31. The van der Waals surface area contributed by atoms with Crippen molar-refractivity contribution < 1.29 is 23.1 Å². The molecular weight excluding hydrogens is 318 g/mol. The zero-order chi connectivity index (χ0) is 17.8. The van der Waals surface area contributed by atoms with Gasteiger partial charge in [0, 0.05) is 18.4 Å². The molecular formula is C16H23NO5S. The molecule has 1 rings (SSSR count). The maximum absolute atomic E-state index is 12.0. The first-order valence-electron chi connectivity index (χ1n) is 7.37. The minimum Gasteiger partial charge on any atom is -0.478 e. The standard InChI is InChI=1S/C16H23NO5S/c1-10(2)5-11(3)6-15(18)17-13-7-12(16(19)20)8-14(9-13)23(4,21)22/h7-11H,5-6H2,1-4H3,(H,17,18)(H,19,20). The normalized spacial score (nSPS) is 12.9. The first-order valence-corrected chi connectivity index (χ1v) is 9.26. The lowest BCUT2D eigenvalue weighted by Gasteiger charge is -2.14. The maximum atomic E-state index is 12.0. The molecule has 0 aliphatic heterocycles. The van der Waals surface area contributed by atoms with Crippen LogP contribution in [0.25, 0.3) is 0 Å². The van der Waals surface area contributed by atoms with Gasteiger partial charge in [0.1, 0.15) is 0 Å². The van der Waals surface area contributed by atoms with Crippen molar-refractivity contribution in [1.82, 2.24) is 0 Å². The second kappa shape index (κ2) is 7.59. The minimum atomic E-state index is -3.57. The van der Waals surface area contributed by atoms with Crippen LogP contribution in [0.3, 0.4) is 0 Å². The van der Waals surface area contributed by atoms with Crippen molar-refractivity contribution in [3.8, 4) is 0 Å². The number of hydrogen-bond donors (Lipinski definition) is 2. The van der Waals surface area contributed by atoms with Crippen LogP contribution in [0.1, 0.15) is 44.0 Å². The van der Waals surface area contributed by atoms with Crippen LogP contribution < -0.4 is 5.32 Å².